The van der Waals surface area contributed by atoms with Gasteiger partial charge in [0.15, 0.2) is 23.5 Å². The molecule has 5 aliphatic rings. The number of fused-ring (bicyclic) bond motifs is 1. The highest BCUT2D eigenvalue weighted by Gasteiger charge is 2.76. The van der Waals surface area contributed by atoms with E-state index in [1.165, 1.54) is 4.90 Å². The van der Waals surface area contributed by atoms with Crippen LogP contribution in [0.3, 0.4) is 0 Å². The molecule has 0 radical (unpaired) electrons. The minimum atomic E-state index is -2.63. The van der Waals surface area contributed by atoms with Gasteiger partial charge in [0.25, 0.3) is 11.6 Å². The van der Waals surface area contributed by atoms with Gasteiger partial charge in [-0.25, -0.2) is 10.3 Å². The Balaban J connectivity index is 1.31. The van der Waals surface area contributed by atoms with Crippen molar-refractivity contribution in [1.29, 1.82) is 0 Å². The highest BCUT2D eigenvalue weighted by molar-refractivity contribution is 6.02. The number of carbonyl (C=O) groups is 3. The number of rotatable bonds is 4. The Hall–Kier alpha value is -4.11. The molecule has 0 aliphatic carbocycles. The topological polar surface area (TPSA) is 219 Å². The molecule has 6 rings (SSSR count). The number of para-hydroxylation sites is 1. The zero-order valence-corrected chi connectivity index (χ0v) is 19.6. The van der Waals surface area contributed by atoms with Crippen LogP contribution in [0.1, 0.15) is 23.2 Å². The molecule has 0 unspecified atom stereocenters. The van der Waals surface area contributed by atoms with Crippen LogP contribution in [0, 0.1) is 0 Å². The molecule has 15 heteroatoms. The van der Waals surface area contributed by atoms with Crippen LogP contribution in [0.15, 0.2) is 23.2 Å². The number of aliphatic imine (C=N–C) groups is 1. The summed E-state index contributed by atoms with van der Waals surface area (Å²) >= 11 is 0. The molecule has 2 fully saturated rings. The number of hydrogen-bond acceptors (Lipinski definition) is 12. The van der Waals surface area contributed by atoms with Crippen LogP contribution in [-0.2, 0) is 9.59 Å². The Morgan fingerprint density at radius 2 is 1.95 bits per heavy atom. The molecule has 1 spiro atoms. The number of likely N-dealkylation sites (tertiary alicyclic amines) is 1. The summed E-state index contributed by atoms with van der Waals surface area (Å²) in [7, 11) is 0. The lowest BCUT2D eigenvalue weighted by Gasteiger charge is -2.46. The number of aliphatic hydroxyl groups is 2. The number of carbonyl (C=O) groups excluding carboxylic acids is 3. The Bertz CT molecular complexity index is 1250. The SMILES string of the molecule is NC1=N[C@@H](CN2C(=O)CCC2=O)[C@@H]2[NH+]=C(N)N[C@]23N1C[C@H](NC(=O)c1cccc2c1OCCO2)C3(O)O. The molecule has 0 aromatic heterocycles. The van der Waals surface area contributed by atoms with E-state index >= 15 is 0 Å². The van der Waals surface area contributed by atoms with Gasteiger partial charge in [-0.1, -0.05) is 6.07 Å². The highest BCUT2D eigenvalue weighted by atomic mass is 16.6. The van der Waals surface area contributed by atoms with E-state index in [-0.39, 0.29) is 67.6 Å². The van der Waals surface area contributed by atoms with Gasteiger partial charge in [-0.15, -0.1) is 0 Å². The highest BCUT2D eigenvalue weighted by Crippen LogP contribution is 2.42. The predicted octanol–water partition coefficient (Wildman–Crippen LogP) is -5.54. The Morgan fingerprint density at radius 1 is 1.22 bits per heavy atom. The number of nitrogens with zero attached hydrogens (tertiary/aromatic N) is 3. The van der Waals surface area contributed by atoms with Crippen LogP contribution >= 0.6 is 0 Å². The molecule has 9 N–H and O–H groups in total. The summed E-state index contributed by atoms with van der Waals surface area (Å²) in [6.45, 7) is 0.361. The molecule has 0 bridgehead atoms. The van der Waals surface area contributed by atoms with Crippen molar-refractivity contribution in [2.75, 3.05) is 26.3 Å². The van der Waals surface area contributed by atoms with Crippen molar-refractivity contribution in [3.63, 3.8) is 0 Å². The van der Waals surface area contributed by atoms with Crippen molar-refractivity contribution in [3.05, 3.63) is 23.8 Å². The summed E-state index contributed by atoms with van der Waals surface area (Å²) in [5.41, 5.74) is 10.7. The van der Waals surface area contributed by atoms with Gasteiger partial charge in [0.05, 0.1) is 18.7 Å². The molecule has 1 aromatic carbocycles. The van der Waals surface area contributed by atoms with Gasteiger partial charge in [0, 0.05) is 12.8 Å². The first kappa shape index (κ1) is 23.3. The first-order valence-corrected chi connectivity index (χ1v) is 11.9. The van der Waals surface area contributed by atoms with Crippen LogP contribution in [-0.4, -0.2) is 106 Å². The molecule has 5 heterocycles. The van der Waals surface area contributed by atoms with Crippen molar-refractivity contribution in [2.45, 2.75) is 42.4 Å². The standard InChI is InChI=1S/C22H26N8O7/c23-19-27-17-11(8-29-14(31)4-5-15(29)32)25-20(24)30-9-13(22(34,35)21(17,30)28-19)26-18(33)10-2-1-3-12-16(10)37-7-6-36-12/h1-3,11,13,17,34-35H,4-9H2,(H2,24,25)(H,26,33)(H3,23,27,28)/p+1/t11-,13-,17-,21-/m0/s1. The van der Waals surface area contributed by atoms with Gasteiger partial charge in [0.1, 0.15) is 25.3 Å². The summed E-state index contributed by atoms with van der Waals surface area (Å²) in [6, 6.07) is 1.82. The Labute approximate surface area is 210 Å². The number of ether oxygens (including phenoxy) is 2. The molecule has 15 nitrogen and oxygen atoms in total. The van der Waals surface area contributed by atoms with Crippen LogP contribution < -0.4 is 36.6 Å². The minimum Gasteiger partial charge on any atom is -0.486 e. The largest absolute Gasteiger partial charge is 0.486 e. The number of imide groups is 1. The van der Waals surface area contributed by atoms with E-state index in [9.17, 15) is 24.6 Å². The maximum absolute atomic E-state index is 13.3. The number of nitrogens with one attached hydrogen (secondary N) is 3. The molecule has 2 saturated heterocycles. The third kappa shape index (κ3) is 3.23. The molecule has 4 atom stereocenters. The van der Waals surface area contributed by atoms with Crippen LogP contribution in [0.5, 0.6) is 11.5 Å². The normalized spacial score (nSPS) is 31.4. The third-order valence-electron chi connectivity index (χ3n) is 7.52. The number of benzene rings is 1. The zero-order valence-electron chi connectivity index (χ0n) is 19.6. The van der Waals surface area contributed by atoms with Gasteiger partial charge >= 0.3 is 5.96 Å². The van der Waals surface area contributed by atoms with E-state index in [1.807, 2.05) is 0 Å². The first-order chi connectivity index (χ1) is 17.6. The summed E-state index contributed by atoms with van der Waals surface area (Å²) < 4.78 is 11.2. The fourth-order valence-corrected chi connectivity index (χ4v) is 5.82. The maximum Gasteiger partial charge on any atom is 0.343 e. The van der Waals surface area contributed by atoms with Crippen LogP contribution in [0.4, 0.5) is 0 Å². The monoisotopic (exact) mass is 515 g/mol. The average molecular weight is 516 g/mol. The molecular weight excluding hydrogens is 488 g/mol. The zero-order chi connectivity index (χ0) is 26.1. The Morgan fingerprint density at radius 3 is 2.70 bits per heavy atom. The van der Waals surface area contributed by atoms with Gasteiger partial charge < -0.3 is 30.7 Å². The lowest BCUT2D eigenvalue weighted by molar-refractivity contribution is -0.521. The second-order valence-electron chi connectivity index (χ2n) is 9.57. The molecule has 37 heavy (non-hydrogen) atoms. The van der Waals surface area contributed by atoms with Crippen molar-refractivity contribution in [2.24, 2.45) is 16.5 Å². The fraction of sp³-hybridized carbons (Fsp3) is 0.500. The summed E-state index contributed by atoms with van der Waals surface area (Å²) in [5, 5.41) is 28.7. The molecule has 1 aromatic rings. The van der Waals surface area contributed by atoms with Crippen LogP contribution in [0.25, 0.3) is 0 Å². The van der Waals surface area contributed by atoms with Gasteiger partial charge in [-0.2, -0.15) is 0 Å². The van der Waals surface area contributed by atoms with Crippen molar-refractivity contribution in [3.8, 4) is 11.5 Å². The number of nitrogens with two attached hydrogens (primary N) is 2. The predicted molar refractivity (Wildman–Crippen MR) is 124 cm³/mol. The smallest absolute Gasteiger partial charge is 0.343 e. The summed E-state index contributed by atoms with van der Waals surface area (Å²) in [6.07, 6.45) is 0.200. The van der Waals surface area contributed by atoms with E-state index < -0.39 is 35.5 Å². The minimum absolute atomic E-state index is 0.0195. The molecular formula is C22H27N8O7+. The number of amides is 3. The summed E-state index contributed by atoms with van der Waals surface area (Å²) in [4.78, 5) is 47.7. The second kappa shape index (κ2) is 7.94. The van der Waals surface area contributed by atoms with Crippen molar-refractivity contribution >= 4 is 29.6 Å². The number of guanidine groups is 2. The Kier molecular flexibility index (Phi) is 5.00. The molecule has 5 aliphatic heterocycles. The lowest BCUT2D eigenvalue weighted by atomic mass is 9.84. The van der Waals surface area contributed by atoms with Gasteiger partial charge in [0.2, 0.25) is 17.6 Å². The average Bonchev–Trinajstić information content (AvgIpc) is 3.46. The lowest BCUT2D eigenvalue weighted by Crippen LogP contribution is -2.90. The van der Waals surface area contributed by atoms with E-state index in [2.05, 4.69) is 20.6 Å². The number of hydrogen-bond donors (Lipinski definition) is 7. The maximum atomic E-state index is 13.3. The van der Waals surface area contributed by atoms with E-state index in [0.717, 1.165) is 4.90 Å². The second-order valence-corrected chi connectivity index (χ2v) is 9.57. The molecule has 196 valence electrons. The van der Waals surface area contributed by atoms with E-state index in [0.29, 0.717) is 12.4 Å². The fourth-order valence-electron chi connectivity index (χ4n) is 5.82. The first-order valence-electron chi connectivity index (χ1n) is 11.9. The van der Waals surface area contributed by atoms with Crippen molar-refractivity contribution < 1.29 is 39.1 Å². The van der Waals surface area contributed by atoms with Gasteiger partial charge in [-0.05, 0) is 12.1 Å². The van der Waals surface area contributed by atoms with E-state index in [4.69, 9.17) is 20.9 Å². The molecule has 3 amide bonds. The quantitative estimate of drug-likeness (QED) is 0.148. The summed E-state index contributed by atoms with van der Waals surface area (Å²) in [5.74, 6) is -3.30. The van der Waals surface area contributed by atoms with E-state index in [1.54, 1.807) is 18.2 Å². The van der Waals surface area contributed by atoms with Crippen LogP contribution in [0.2, 0.25) is 0 Å². The molecule has 0 saturated carbocycles. The van der Waals surface area contributed by atoms with Gasteiger partial charge in [-0.3, -0.25) is 34.9 Å². The van der Waals surface area contributed by atoms with Crippen molar-refractivity contribution in [1.82, 2.24) is 20.4 Å². The third-order valence-corrected chi connectivity index (χ3v) is 7.52.